The van der Waals surface area contributed by atoms with Gasteiger partial charge in [0.15, 0.2) is 6.10 Å². The molecule has 0 bridgehead atoms. The average molecular weight is 1070 g/mol. The molecule has 21 heteroatoms. The number of ether oxygens (including phenoxy) is 6. The van der Waals surface area contributed by atoms with E-state index in [1.165, 1.54) is 45.0 Å². The Kier molecular flexibility index (Phi) is 30.9. The lowest BCUT2D eigenvalue weighted by molar-refractivity contribution is -0.154. The maximum atomic E-state index is 14.5. The van der Waals surface area contributed by atoms with Crippen LogP contribution >= 0.6 is 0 Å². The number of allylic oxidation sites excluding steroid dienone is 2. The molecular weight excluding hydrogens is 983 g/mol. The zero-order valence-electron chi connectivity index (χ0n) is 47.2. The van der Waals surface area contributed by atoms with Gasteiger partial charge in [0.2, 0.25) is 23.6 Å². The lowest BCUT2D eigenvalue weighted by Crippen LogP contribution is -2.57. The van der Waals surface area contributed by atoms with Crippen molar-refractivity contribution in [1.82, 2.24) is 31.1 Å². The highest BCUT2D eigenvalue weighted by atomic mass is 16.6. The molecule has 1 aromatic rings. The highest BCUT2D eigenvalue weighted by molar-refractivity contribution is 5.96. The minimum Gasteiger partial charge on any atom is -0.456 e. The summed E-state index contributed by atoms with van der Waals surface area (Å²) in [5.74, 6) is -5.21. The molecule has 2 unspecified atom stereocenters. The summed E-state index contributed by atoms with van der Waals surface area (Å²) in [6, 6.07) is 1.67. The lowest BCUT2D eigenvalue weighted by atomic mass is 9.93. The molecule has 0 aromatic heterocycles. The van der Waals surface area contributed by atoms with Gasteiger partial charge in [-0.15, -0.1) is 0 Å². The fourth-order valence-corrected chi connectivity index (χ4v) is 7.91. The number of likely N-dealkylation sites (N-methyl/N-ethyl adjacent to an activating group) is 2. The summed E-state index contributed by atoms with van der Waals surface area (Å²) in [6.07, 6.45) is 3.72. The Morgan fingerprint density at radius 3 is 2.04 bits per heavy atom. The van der Waals surface area contributed by atoms with Crippen LogP contribution in [0.4, 0.5) is 4.79 Å². The van der Waals surface area contributed by atoms with Crippen LogP contribution in [0.5, 0.6) is 5.75 Å². The SMILES string of the molecule is C/C=C(\C)[C@H]1OC(=O)[C@@H](C)NC(=O)C(C(C)CC)NC(=O)CN(C)C(=O)[C@@H](Cc2ccc(OC(=O)NCCCOCCOCCOCCCN)cc2)N(C)C(=O)[C@H](C)NC(=O)[C@@H](CC(C)C)OC(=O)/C(C)=C/CC[C@@H]1C. The van der Waals surface area contributed by atoms with E-state index in [1.807, 2.05) is 47.6 Å². The second-order valence-electron chi connectivity index (χ2n) is 19.9. The van der Waals surface area contributed by atoms with E-state index in [0.717, 1.165) is 16.9 Å². The van der Waals surface area contributed by atoms with Crippen molar-refractivity contribution in [2.75, 3.05) is 73.4 Å². The highest BCUT2D eigenvalue weighted by Gasteiger charge is 2.36. The number of benzene rings is 1. The first-order valence-corrected chi connectivity index (χ1v) is 26.6. The van der Waals surface area contributed by atoms with E-state index >= 15 is 0 Å². The van der Waals surface area contributed by atoms with Crippen LogP contribution in [0.2, 0.25) is 0 Å². The van der Waals surface area contributed by atoms with Crippen molar-refractivity contribution in [3.8, 4) is 5.75 Å². The van der Waals surface area contributed by atoms with Crippen LogP contribution in [0.15, 0.2) is 47.6 Å². The summed E-state index contributed by atoms with van der Waals surface area (Å²) >= 11 is 0. The predicted molar refractivity (Wildman–Crippen MR) is 287 cm³/mol. The maximum absolute atomic E-state index is 14.5. The molecule has 76 heavy (non-hydrogen) atoms. The monoisotopic (exact) mass is 1070 g/mol. The molecule has 0 spiro atoms. The van der Waals surface area contributed by atoms with Crippen LogP contribution in [0.25, 0.3) is 0 Å². The minimum atomic E-state index is -1.26. The number of nitrogens with two attached hydrogens (primary N) is 1. The van der Waals surface area contributed by atoms with Gasteiger partial charge >= 0.3 is 18.0 Å². The van der Waals surface area contributed by atoms with Crippen LogP contribution in [0.1, 0.15) is 113 Å². The second kappa shape index (κ2) is 35.4. The summed E-state index contributed by atoms with van der Waals surface area (Å²) in [5, 5.41) is 10.8. The molecule has 428 valence electrons. The number of amides is 6. The third-order valence-electron chi connectivity index (χ3n) is 12.9. The highest BCUT2D eigenvalue weighted by Crippen LogP contribution is 2.24. The Morgan fingerprint density at radius 2 is 1.45 bits per heavy atom. The van der Waals surface area contributed by atoms with E-state index in [9.17, 15) is 38.4 Å². The van der Waals surface area contributed by atoms with Crippen LogP contribution in [-0.4, -0.2) is 167 Å². The average Bonchev–Trinajstić information content (AvgIpc) is 3.38. The van der Waals surface area contributed by atoms with Crippen LogP contribution < -0.4 is 31.7 Å². The number of nitrogens with zero attached hydrogens (tertiary/aromatic N) is 2. The molecule has 1 heterocycles. The number of esters is 2. The van der Waals surface area contributed by atoms with E-state index < -0.39 is 96.4 Å². The third-order valence-corrected chi connectivity index (χ3v) is 12.9. The van der Waals surface area contributed by atoms with E-state index in [1.54, 1.807) is 32.1 Å². The summed E-state index contributed by atoms with van der Waals surface area (Å²) < 4.78 is 33.6. The number of cyclic esters (lactones) is 2. The molecule has 1 aromatic carbocycles. The van der Waals surface area contributed by atoms with Crippen molar-refractivity contribution < 1.29 is 66.8 Å². The van der Waals surface area contributed by atoms with Gasteiger partial charge in [0, 0.05) is 45.8 Å². The maximum Gasteiger partial charge on any atom is 0.412 e. The number of carbonyl (C=O) groups is 8. The molecule has 0 radical (unpaired) electrons. The molecule has 0 fully saturated rings. The number of hydrogen-bond donors (Lipinski definition) is 5. The largest absolute Gasteiger partial charge is 0.456 e. The van der Waals surface area contributed by atoms with Crippen molar-refractivity contribution in [3.05, 3.63) is 53.1 Å². The van der Waals surface area contributed by atoms with Crippen molar-refractivity contribution in [2.24, 2.45) is 23.5 Å². The summed E-state index contributed by atoms with van der Waals surface area (Å²) in [6.45, 7) is 20.5. The van der Waals surface area contributed by atoms with E-state index in [4.69, 9.17) is 34.2 Å². The fraction of sp³-hybridized carbons (Fsp3) is 0.673. The Hall–Kier alpha value is -5.90. The van der Waals surface area contributed by atoms with Crippen LogP contribution in [-0.2, 0) is 63.7 Å². The van der Waals surface area contributed by atoms with Gasteiger partial charge in [0.05, 0.1) is 33.0 Å². The van der Waals surface area contributed by atoms with Crippen LogP contribution in [0.3, 0.4) is 0 Å². The van der Waals surface area contributed by atoms with Crippen molar-refractivity contribution in [1.29, 1.82) is 0 Å². The predicted octanol–water partition coefficient (Wildman–Crippen LogP) is 4.14. The van der Waals surface area contributed by atoms with Gasteiger partial charge in [-0.2, -0.15) is 0 Å². The summed E-state index contributed by atoms with van der Waals surface area (Å²) in [7, 11) is 2.78. The molecule has 8 atom stereocenters. The Balaban J connectivity index is 2.38. The lowest BCUT2D eigenvalue weighted by Gasteiger charge is -2.33. The minimum absolute atomic E-state index is 0.0773. The van der Waals surface area contributed by atoms with Gasteiger partial charge in [-0.05, 0) is 114 Å². The third kappa shape index (κ3) is 24.0. The molecule has 0 saturated heterocycles. The zero-order chi connectivity index (χ0) is 56.9. The molecule has 2 rings (SSSR count). The van der Waals surface area contributed by atoms with Crippen molar-refractivity contribution in [3.63, 3.8) is 0 Å². The molecule has 1 aliphatic rings. The van der Waals surface area contributed by atoms with Gasteiger partial charge < -0.3 is 65.2 Å². The number of rotatable bonds is 21. The van der Waals surface area contributed by atoms with Gasteiger partial charge in [-0.25, -0.2) is 14.4 Å². The molecule has 6 amide bonds. The second-order valence-corrected chi connectivity index (χ2v) is 19.9. The first-order valence-electron chi connectivity index (χ1n) is 26.6. The standard InChI is InChI=1S/C55H89N7O14/c1-13-36(5)47-50(65)59-41(10)54(69)76-48(37(6)14-2)38(7)18-15-19-39(8)53(68)75-45(32-35(3)4)49(64)58-40(9)51(66)62(12)44(52(67)61(11)34-46(63)60-47)33-42-20-22-43(23-21-42)74-55(70)57-25-17-27-72-29-31-73-30-28-71-26-16-24-56/h14,19-23,35-36,38,40-41,44-45,47-48H,13,15-18,24-34,56H2,1-12H3,(H,57,70)(H,58,64)(H,59,65)(H,60,63)/b37-14+,39-19+/t36?,38-,40-,41+,44+,45+,47?,48+/m0/s1. The summed E-state index contributed by atoms with van der Waals surface area (Å²) in [5.41, 5.74) is 7.04. The first kappa shape index (κ1) is 66.2. The molecule has 6 N–H and O–H groups in total. The van der Waals surface area contributed by atoms with Gasteiger partial charge in [0.25, 0.3) is 5.91 Å². The first-order chi connectivity index (χ1) is 36.0. The summed E-state index contributed by atoms with van der Waals surface area (Å²) in [4.78, 5) is 112. The fourth-order valence-electron chi connectivity index (χ4n) is 7.91. The van der Waals surface area contributed by atoms with Crippen molar-refractivity contribution >= 4 is 47.6 Å². The molecular formula is C55H89N7O14. The van der Waals surface area contributed by atoms with Gasteiger partial charge in [-0.1, -0.05) is 65.3 Å². The molecule has 1 aliphatic heterocycles. The Labute approximate surface area is 450 Å². The molecule has 0 saturated carbocycles. The van der Waals surface area contributed by atoms with E-state index in [0.29, 0.717) is 84.0 Å². The smallest absolute Gasteiger partial charge is 0.412 e. The van der Waals surface area contributed by atoms with Crippen molar-refractivity contribution in [2.45, 2.75) is 151 Å². The van der Waals surface area contributed by atoms with Gasteiger partial charge in [-0.3, -0.25) is 24.0 Å². The topological polar surface area (TPSA) is 273 Å². The van der Waals surface area contributed by atoms with E-state index in [2.05, 4.69) is 21.3 Å². The number of carbonyl (C=O) groups excluding carboxylic acids is 8. The molecule has 0 aliphatic carbocycles. The van der Waals surface area contributed by atoms with E-state index in [-0.39, 0.29) is 36.0 Å². The Bertz CT molecular complexity index is 2080. The number of nitrogens with one attached hydrogen (secondary N) is 4. The van der Waals surface area contributed by atoms with Gasteiger partial charge in [0.1, 0.15) is 36.0 Å². The zero-order valence-corrected chi connectivity index (χ0v) is 47.2. The number of hydrogen-bond acceptors (Lipinski definition) is 15. The quantitative estimate of drug-likeness (QED) is 0.0658. The van der Waals surface area contributed by atoms with Crippen LogP contribution in [0, 0.1) is 17.8 Å². The Morgan fingerprint density at radius 1 is 0.842 bits per heavy atom. The normalized spacial score (nSPS) is 23.9. The molecule has 21 nitrogen and oxygen atoms in total.